The number of hydrogen-bond acceptors (Lipinski definition) is 7. The number of aliphatic hydroxyl groups is 1. The van der Waals surface area contributed by atoms with Crippen LogP contribution in [0.3, 0.4) is 0 Å². The maximum absolute atomic E-state index is 13.2. The van der Waals surface area contributed by atoms with Crippen LogP contribution < -0.4 is 10.9 Å². The normalized spacial score (nSPS) is 25.7. The Labute approximate surface area is 179 Å². The molecule has 2 aromatic rings. The van der Waals surface area contributed by atoms with Crippen molar-refractivity contribution < 1.29 is 17.9 Å². The summed E-state index contributed by atoms with van der Waals surface area (Å²) in [6.07, 6.45) is 4.65. The minimum Gasteiger partial charge on any atom is -0.388 e. The second kappa shape index (κ2) is 7.95. The van der Waals surface area contributed by atoms with E-state index in [2.05, 4.69) is 21.9 Å². The average molecular weight is 452 g/mol. The fraction of sp³-hybridized carbons (Fsp3) is 0.550. The molecule has 1 saturated carbocycles. The maximum Gasteiger partial charge on any atom is 0.269 e. The number of aromatic nitrogens is 3. The van der Waals surface area contributed by atoms with Gasteiger partial charge >= 0.3 is 0 Å². The van der Waals surface area contributed by atoms with Crippen LogP contribution in [0.25, 0.3) is 11.0 Å². The number of pyridine rings is 1. The molecule has 0 spiro atoms. The van der Waals surface area contributed by atoms with Crippen molar-refractivity contribution in [3.05, 3.63) is 40.4 Å². The Morgan fingerprint density at radius 3 is 2.65 bits per heavy atom. The fourth-order valence-corrected chi connectivity index (χ4v) is 5.48. The zero-order chi connectivity index (χ0) is 22.4. The molecule has 2 fully saturated rings. The molecule has 11 heteroatoms. The molecule has 0 radical (unpaired) electrons. The lowest BCUT2D eigenvalue weighted by molar-refractivity contribution is 0.0267. The molecule has 2 aromatic heterocycles. The summed E-state index contributed by atoms with van der Waals surface area (Å²) in [6.45, 7) is 4.96. The van der Waals surface area contributed by atoms with Crippen LogP contribution in [-0.4, -0.2) is 57.1 Å². The highest BCUT2D eigenvalue weighted by atomic mass is 32.2. The predicted molar refractivity (Wildman–Crippen MR) is 115 cm³/mol. The van der Waals surface area contributed by atoms with Gasteiger partial charge in [-0.15, -0.1) is 0 Å². The molecule has 0 unspecified atom stereocenters. The first kappa shape index (κ1) is 21.8. The van der Waals surface area contributed by atoms with Gasteiger partial charge in [-0.25, -0.2) is 13.4 Å². The van der Waals surface area contributed by atoms with Crippen LogP contribution in [-0.2, 0) is 10.0 Å². The van der Waals surface area contributed by atoms with E-state index >= 15 is 0 Å². The van der Waals surface area contributed by atoms with E-state index in [0.29, 0.717) is 42.7 Å². The van der Waals surface area contributed by atoms with Crippen molar-refractivity contribution in [1.29, 1.82) is 0 Å². The lowest BCUT2D eigenvalue weighted by atomic mass is 10.00. The third kappa shape index (κ3) is 4.09. The fourth-order valence-electron chi connectivity index (χ4n) is 4.51. The number of halogens is 1. The molecule has 2 N–H and O–H groups in total. The molecule has 1 aliphatic heterocycles. The monoisotopic (exact) mass is 451 g/mol. The van der Waals surface area contributed by atoms with Crippen LogP contribution in [0, 0.1) is 0 Å². The van der Waals surface area contributed by atoms with Crippen LogP contribution in [0.4, 0.5) is 10.3 Å². The Morgan fingerprint density at radius 2 is 2.03 bits per heavy atom. The third-order valence-electron chi connectivity index (χ3n) is 6.26. The van der Waals surface area contributed by atoms with E-state index in [1.165, 1.54) is 6.07 Å². The van der Waals surface area contributed by atoms with E-state index in [1.54, 1.807) is 23.8 Å². The largest absolute Gasteiger partial charge is 0.388 e. The minimum absolute atomic E-state index is 0.102. The molecule has 0 aromatic carbocycles. The second-order valence-electron chi connectivity index (χ2n) is 8.46. The highest BCUT2D eigenvalue weighted by molar-refractivity contribution is 7.92. The van der Waals surface area contributed by atoms with Gasteiger partial charge in [-0.05, 0) is 51.7 Å². The van der Waals surface area contributed by atoms with Crippen molar-refractivity contribution in [3.63, 3.8) is 0 Å². The number of hydrogen-bond donors (Lipinski definition) is 2. The van der Waals surface area contributed by atoms with Crippen molar-refractivity contribution >= 4 is 27.0 Å². The Hall–Kier alpha value is -2.37. The van der Waals surface area contributed by atoms with Crippen LogP contribution in [0.15, 0.2) is 34.9 Å². The molecule has 31 heavy (non-hydrogen) atoms. The number of nitrogens with zero attached hydrogens (tertiary/aromatic N) is 4. The first-order valence-corrected chi connectivity index (χ1v) is 11.8. The van der Waals surface area contributed by atoms with E-state index in [1.807, 2.05) is 0 Å². The van der Waals surface area contributed by atoms with Gasteiger partial charge in [-0.3, -0.25) is 9.36 Å². The van der Waals surface area contributed by atoms with E-state index < -0.39 is 20.8 Å². The van der Waals surface area contributed by atoms with Gasteiger partial charge < -0.3 is 10.4 Å². The van der Waals surface area contributed by atoms with E-state index in [0.717, 1.165) is 10.7 Å². The summed E-state index contributed by atoms with van der Waals surface area (Å²) in [6, 6.07) is 2.65. The van der Waals surface area contributed by atoms with Gasteiger partial charge in [-0.2, -0.15) is 13.7 Å². The van der Waals surface area contributed by atoms with Gasteiger partial charge in [0.25, 0.3) is 15.6 Å². The SMILES string of the molecule is C=C(F)S(=O)(=O)N1CCC(Nc2ncc3ccc(=O)n([C@@H]4CCC[C@@]4(C)O)c3n2)CC1. The van der Waals surface area contributed by atoms with Gasteiger partial charge in [-0.1, -0.05) is 0 Å². The number of anilines is 1. The summed E-state index contributed by atoms with van der Waals surface area (Å²) in [4.78, 5) is 21.5. The molecule has 2 atom stereocenters. The van der Waals surface area contributed by atoms with E-state index in [-0.39, 0.29) is 30.7 Å². The number of rotatable bonds is 5. The first-order chi connectivity index (χ1) is 14.6. The average Bonchev–Trinajstić information content (AvgIpc) is 3.07. The summed E-state index contributed by atoms with van der Waals surface area (Å²) in [7, 11) is -4.10. The summed E-state index contributed by atoms with van der Waals surface area (Å²) >= 11 is 0. The van der Waals surface area contributed by atoms with Crippen molar-refractivity contribution in [2.24, 2.45) is 0 Å². The van der Waals surface area contributed by atoms with Crippen LogP contribution >= 0.6 is 0 Å². The van der Waals surface area contributed by atoms with Crippen molar-refractivity contribution in [1.82, 2.24) is 18.8 Å². The summed E-state index contributed by atoms with van der Waals surface area (Å²) < 4.78 is 39.6. The van der Waals surface area contributed by atoms with Gasteiger partial charge in [0.2, 0.25) is 11.1 Å². The number of nitrogens with one attached hydrogen (secondary N) is 1. The number of fused-ring (bicyclic) bond motifs is 1. The standard InChI is InChI=1S/C20H26FN5O4S/c1-13(21)31(29,30)25-10-7-15(8-11-25)23-19-22-12-14-5-6-17(27)26(18(14)24-19)16-4-3-9-20(16,2)28/h5-6,12,15-16,28H,1,3-4,7-11H2,2H3,(H,22,23,24)/t16-,20-/m1/s1. The van der Waals surface area contributed by atoms with Crippen molar-refractivity contribution in [2.45, 2.75) is 56.7 Å². The molecule has 2 aliphatic rings. The molecule has 3 heterocycles. The lowest BCUT2D eigenvalue weighted by Gasteiger charge is -2.31. The van der Waals surface area contributed by atoms with Gasteiger partial charge in [0.15, 0.2) is 0 Å². The molecule has 4 rings (SSSR count). The topological polar surface area (TPSA) is 117 Å². The minimum atomic E-state index is -4.10. The Bertz CT molecular complexity index is 1170. The molecular formula is C20H26FN5O4S. The maximum atomic E-state index is 13.2. The number of piperidine rings is 1. The van der Waals surface area contributed by atoms with Gasteiger partial charge in [0.1, 0.15) is 5.65 Å². The Morgan fingerprint density at radius 1 is 1.32 bits per heavy atom. The molecule has 1 aliphatic carbocycles. The molecule has 0 amide bonds. The molecule has 168 valence electrons. The van der Waals surface area contributed by atoms with Gasteiger partial charge in [0, 0.05) is 36.8 Å². The molecule has 0 bridgehead atoms. The molecular weight excluding hydrogens is 425 g/mol. The smallest absolute Gasteiger partial charge is 0.269 e. The first-order valence-electron chi connectivity index (χ1n) is 10.3. The zero-order valence-electron chi connectivity index (χ0n) is 17.3. The third-order valence-corrected chi connectivity index (χ3v) is 7.87. The molecule has 9 nitrogen and oxygen atoms in total. The summed E-state index contributed by atoms with van der Waals surface area (Å²) in [5.74, 6) is 0.320. The predicted octanol–water partition coefficient (Wildman–Crippen LogP) is 1.91. The zero-order valence-corrected chi connectivity index (χ0v) is 18.1. The van der Waals surface area contributed by atoms with Crippen LogP contribution in [0.5, 0.6) is 0 Å². The lowest BCUT2D eigenvalue weighted by Crippen LogP contribution is -2.42. The highest BCUT2D eigenvalue weighted by Crippen LogP contribution is 2.39. The quantitative estimate of drug-likeness (QED) is 0.713. The summed E-state index contributed by atoms with van der Waals surface area (Å²) in [5, 5.41) is 13.3. The second-order valence-corrected chi connectivity index (χ2v) is 10.4. The van der Waals surface area contributed by atoms with Crippen LogP contribution in [0.1, 0.15) is 45.1 Å². The van der Waals surface area contributed by atoms with Crippen molar-refractivity contribution in [2.75, 3.05) is 18.4 Å². The van der Waals surface area contributed by atoms with E-state index in [9.17, 15) is 22.7 Å². The number of sulfonamides is 1. The highest BCUT2D eigenvalue weighted by Gasteiger charge is 2.39. The van der Waals surface area contributed by atoms with Gasteiger partial charge in [0.05, 0.1) is 11.6 Å². The summed E-state index contributed by atoms with van der Waals surface area (Å²) in [5.41, 5.74) is -0.768. The Kier molecular flexibility index (Phi) is 5.61. The molecule has 1 saturated heterocycles. The Balaban J connectivity index is 1.57. The van der Waals surface area contributed by atoms with E-state index in [4.69, 9.17) is 0 Å². The van der Waals surface area contributed by atoms with Crippen LogP contribution in [0.2, 0.25) is 0 Å². The van der Waals surface area contributed by atoms with Crippen molar-refractivity contribution in [3.8, 4) is 0 Å².